The quantitative estimate of drug-likeness (QED) is 0.450. The number of anilines is 2. The zero-order chi connectivity index (χ0) is 19.4. The van der Waals surface area contributed by atoms with E-state index < -0.39 is 0 Å². The van der Waals surface area contributed by atoms with E-state index in [1.165, 1.54) is 11.3 Å². The van der Waals surface area contributed by atoms with Gasteiger partial charge in [-0.15, -0.1) is 10.2 Å². The maximum Gasteiger partial charge on any atom is 0.169 e. The van der Waals surface area contributed by atoms with Crippen LogP contribution < -0.4 is 4.90 Å². The minimum Gasteiger partial charge on any atom is -0.329 e. The second-order valence-electron chi connectivity index (χ2n) is 7.37. The summed E-state index contributed by atoms with van der Waals surface area (Å²) in [6.07, 6.45) is 0.867. The van der Waals surface area contributed by atoms with Crippen LogP contribution in [0.25, 0.3) is 17.0 Å². The highest BCUT2D eigenvalue weighted by Crippen LogP contribution is 2.40. The molecule has 6 heteroatoms. The van der Waals surface area contributed by atoms with Crippen molar-refractivity contribution in [2.24, 2.45) is 0 Å². The molecule has 0 radical (unpaired) electrons. The largest absolute Gasteiger partial charge is 0.329 e. The van der Waals surface area contributed by atoms with Gasteiger partial charge in [0.1, 0.15) is 11.6 Å². The lowest BCUT2D eigenvalue weighted by Crippen LogP contribution is -2.15. The fraction of sp³-hybridized carbons (Fsp3) is 0.227. The molecule has 0 aliphatic carbocycles. The van der Waals surface area contributed by atoms with Gasteiger partial charge in [-0.3, -0.25) is 4.40 Å². The predicted octanol–water partition coefficient (Wildman–Crippen LogP) is 5.18. The second kappa shape index (κ2) is 6.31. The number of aromatic nitrogens is 4. The highest BCUT2D eigenvalue weighted by Gasteiger charge is 2.27. The monoisotopic (exact) mass is 389 g/mol. The maximum absolute atomic E-state index is 6.05. The number of hydrogen-bond acceptors (Lipinski definition) is 4. The van der Waals surface area contributed by atoms with Gasteiger partial charge in [0.2, 0.25) is 0 Å². The van der Waals surface area contributed by atoms with Gasteiger partial charge in [-0.05, 0) is 55.2 Å². The fourth-order valence-electron chi connectivity index (χ4n) is 4.14. The van der Waals surface area contributed by atoms with Gasteiger partial charge in [0.15, 0.2) is 11.5 Å². The van der Waals surface area contributed by atoms with E-state index in [2.05, 4.69) is 57.7 Å². The van der Waals surface area contributed by atoms with Crippen molar-refractivity contribution in [3.63, 3.8) is 0 Å². The second-order valence-corrected chi connectivity index (χ2v) is 7.81. The molecule has 4 aromatic rings. The van der Waals surface area contributed by atoms with Gasteiger partial charge in [-0.2, -0.15) is 0 Å². The lowest BCUT2D eigenvalue weighted by atomic mass is 9.94. The summed E-state index contributed by atoms with van der Waals surface area (Å²) in [7, 11) is 2.08. The van der Waals surface area contributed by atoms with Gasteiger partial charge in [0, 0.05) is 28.9 Å². The summed E-state index contributed by atoms with van der Waals surface area (Å²) < 4.78 is 2.05. The molecule has 5 nitrogen and oxygen atoms in total. The van der Waals surface area contributed by atoms with E-state index in [-0.39, 0.29) is 0 Å². The van der Waals surface area contributed by atoms with Crippen LogP contribution in [0.3, 0.4) is 0 Å². The predicted molar refractivity (Wildman–Crippen MR) is 113 cm³/mol. The Morgan fingerprint density at radius 2 is 1.79 bits per heavy atom. The molecule has 0 saturated heterocycles. The summed E-state index contributed by atoms with van der Waals surface area (Å²) in [6.45, 7) is 4.26. The van der Waals surface area contributed by atoms with Crippen LogP contribution in [-0.4, -0.2) is 26.6 Å². The lowest BCUT2D eigenvalue weighted by molar-refractivity contribution is 0.764. The van der Waals surface area contributed by atoms with E-state index in [0.717, 1.165) is 40.7 Å². The highest BCUT2D eigenvalue weighted by atomic mass is 35.5. The third-order valence-corrected chi connectivity index (χ3v) is 5.81. The van der Waals surface area contributed by atoms with E-state index >= 15 is 0 Å². The molecule has 1 unspecified atom stereocenters. The number of rotatable bonds is 1. The molecule has 28 heavy (non-hydrogen) atoms. The van der Waals surface area contributed by atoms with Crippen LogP contribution >= 0.6 is 11.6 Å². The van der Waals surface area contributed by atoms with E-state index in [4.69, 9.17) is 16.6 Å². The van der Waals surface area contributed by atoms with Crippen LogP contribution in [0.2, 0.25) is 5.02 Å². The molecule has 5 rings (SSSR count). The summed E-state index contributed by atoms with van der Waals surface area (Å²) in [4.78, 5) is 7.15. The summed E-state index contributed by atoms with van der Waals surface area (Å²) in [5.74, 6) is 2.97. The average molecular weight is 390 g/mol. The van der Waals surface area contributed by atoms with Crippen LogP contribution in [-0.2, 0) is 6.42 Å². The molecule has 0 fully saturated rings. The molecule has 2 aromatic carbocycles. The smallest absolute Gasteiger partial charge is 0.169 e. The SMILES string of the molecule is Cc1nc2c(c3nnc(-c4ccc(Cl)cc4)n13)CC(C)c1ccccc1N2C. The molecule has 0 N–H and O–H groups in total. The lowest BCUT2D eigenvalue weighted by Gasteiger charge is -2.21. The summed E-state index contributed by atoms with van der Waals surface area (Å²) in [5, 5.41) is 9.79. The Morgan fingerprint density at radius 1 is 1.04 bits per heavy atom. The minimum atomic E-state index is 0.365. The molecule has 0 bridgehead atoms. The minimum absolute atomic E-state index is 0.365. The fourth-order valence-corrected chi connectivity index (χ4v) is 4.27. The van der Waals surface area contributed by atoms with Crippen molar-refractivity contribution in [2.45, 2.75) is 26.2 Å². The Balaban J connectivity index is 1.76. The molecule has 1 atom stereocenters. The standard InChI is InChI=1S/C22H20ClN5/c1-13-12-18-21(27(3)19-7-5-4-6-17(13)19)24-14(2)28-20(25-26-22(18)28)15-8-10-16(23)11-9-15/h4-11,13H,12H2,1-3H3. The molecule has 1 aliphatic heterocycles. The van der Waals surface area contributed by atoms with Crippen molar-refractivity contribution in [3.8, 4) is 11.4 Å². The topological polar surface area (TPSA) is 46.3 Å². The first-order chi connectivity index (χ1) is 13.5. The molecule has 3 heterocycles. The first-order valence-corrected chi connectivity index (χ1v) is 9.75. The summed E-state index contributed by atoms with van der Waals surface area (Å²) in [6, 6.07) is 16.2. The number of fused-ring (bicyclic) bond motifs is 4. The van der Waals surface area contributed by atoms with Gasteiger partial charge in [-0.1, -0.05) is 36.7 Å². The molecule has 2 aromatic heterocycles. The van der Waals surface area contributed by atoms with Crippen molar-refractivity contribution in [1.82, 2.24) is 19.6 Å². The van der Waals surface area contributed by atoms with Crippen molar-refractivity contribution < 1.29 is 0 Å². The van der Waals surface area contributed by atoms with E-state index in [1.54, 1.807) is 0 Å². The highest BCUT2D eigenvalue weighted by molar-refractivity contribution is 6.30. The van der Waals surface area contributed by atoms with Crippen LogP contribution in [0, 0.1) is 6.92 Å². The van der Waals surface area contributed by atoms with Crippen molar-refractivity contribution in [1.29, 1.82) is 0 Å². The molecule has 0 amide bonds. The van der Waals surface area contributed by atoms with Crippen LogP contribution in [0.1, 0.15) is 29.8 Å². The molecular formula is C22H20ClN5. The van der Waals surface area contributed by atoms with Gasteiger partial charge in [-0.25, -0.2) is 4.98 Å². The van der Waals surface area contributed by atoms with Gasteiger partial charge >= 0.3 is 0 Å². The van der Waals surface area contributed by atoms with Gasteiger partial charge in [0.05, 0.1) is 0 Å². The van der Waals surface area contributed by atoms with E-state index in [1.807, 2.05) is 31.2 Å². The molecule has 1 aliphatic rings. The molecule has 0 saturated carbocycles. The first kappa shape index (κ1) is 17.2. The van der Waals surface area contributed by atoms with E-state index in [0.29, 0.717) is 10.9 Å². The Morgan fingerprint density at radius 3 is 2.57 bits per heavy atom. The molecular weight excluding hydrogens is 370 g/mol. The Bertz CT molecular complexity index is 1200. The van der Waals surface area contributed by atoms with Crippen molar-refractivity contribution in [2.75, 3.05) is 11.9 Å². The molecule has 140 valence electrons. The number of para-hydroxylation sites is 1. The summed E-state index contributed by atoms with van der Waals surface area (Å²) >= 11 is 6.05. The normalized spacial score (nSPS) is 16.0. The van der Waals surface area contributed by atoms with Gasteiger partial charge < -0.3 is 4.90 Å². The number of hydrogen-bond donors (Lipinski definition) is 0. The number of benzene rings is 2. The van der Waals surface area contributed by atoms with Crippen molar-refractivity contribution >= 4 is 28.8 Å². The summed E-state index contributed by atoms with van der Waals surface area (Å²) in [5.41, 5.74) is 5.50. The Kier molecular flexibility index (Phi) is 3.88. The van der Waals surface area contributed by atoms with Crippen LogP contribution in [0.5, 0.6) is 0 Å². The molecule has 0 spiro atoms. The number of aryl methyl sites for hydroxylation is 1. The van der Waals surface area contributed by atoms with Crippen LogP contribution in [0.4, 0.5) is 11.5 Å². The average Bonchev–Trinajstić information content (AvgIpc) is 3.12. The Labute approximate surface area is 168 Å². The third kappa shape index (κ3) is 2.50. The van der Waals surface area contributed by atoms with Gasteiger partial charge in [0.25, 0.3) is 0 Å². The zero-order valence-electron chi connectivity index (χ0n) is 16.0. The number of nitrogens with zero attached hydrogens (tertiary/aromatic N) is 5. The first-order valence-electron chi connectivity index (χ1n) is 9.38. The Hall–Kier alpha value is -2.92. The number of halogens is 1. The van der Waals surface area contributed by atoms with E-state index in [9.17, 15) is 0 Å². The van der Waals surface area contributed by atoms with Crippen molar-refractivity contribution in [3.05, 3.63) is 70.5 Å². The van der Waals surface area contributed by atoms with Crippen LogP contribution in [0.15, 0.2) is 48.5 Å². The zero-order valence-corrected chi connectivity index (χ0v) is 16.8. The third-order valence-electron chi connectivity index (χ3n) is 5.55. The maximum atomic E-state index is 6.05.